The first-order valence-electron chi connectivity index (χ1n) is 9.76. The Morgan fingerprint density at radius 3 is 2.74 bits per heavy atom. The lowest BCUT2D eigenvalue weighted by Crippen LogP contribution is -2.54. The van der Waals surface area contributed by atoms with Crippen LogP contribution in [0.15, 0.2) is 16.7 Å². The van der Waals surface area contributed by atoms with Gasteiger partial charge in [0, 0.05) is 6.42 Å². The Labute approximate surface area is 139 Å². The maximum Gasteiger partial charge on any atom is 0.107 e. The van der Waals surface area contributed by atoms with Gasteiger partial charge in [-0.3, -0.25) is 0 Å². The molecule has 0 unspecified atom stereocenters. The van der Waals surface area contributed by atoms with Gasteiger partial charge in [-0.15, -0.1) is 0 Å². The predicted octanol–water partition coefficient (Wildman–Crippen LogP) is 4.60. The molecule has 1 heterocycles. The third kappa shape index (κ3) is 1.79. The van der Waals surface area contributed by atoms with Crippen LogP contribution < -0.4 is 0 Å². The molecule has 3 fully saturated rings. The number of furan rings is 1. The zero-order chi connectivity index (χ0) is 15.8. The number of aliphatic hydroxyl groups excluding tert-OH is 1. The average Bonchev–Trinajstić information content (AvgIpc) is 3.08. The van der Waals surface area contributed by atoms with Crippen LogP contribution in [0, 0.1) is 34.5 Å². The Kier molecular flexibility index (Phi) is 2.95. The van der Waals surface area contributed by atoms with Crippen molar-refractivity contribution in [3.63, 3.8) is 0 Å². The summed E-state index contributed by atoms with van der Waals surface area (Å²) in [6, 6.07) is 2.21. The highest BCUT2D eigenvalue weighted by Gasteiger charge is 2.60. The van der Waals surface area contributed by atoms with E-state index >= 15 is 0 Å². The van der Waals surface area contributed by atoms with Gasteiger partial charge in [0.1, 0.15) is 5.76 Å². The number of hydrogen-bond donors (Lipinski definition) is 1. The van der Waals surface area contributed by atoms with Crippen molar-refractivity contribution in [3.8, 4) is 0 Å². The summed E-state index contributed by atoms with van der Waals surface area (Å²) in [4.78, 5) is 0. The summed E-state index contributed by atoms with van der Waals surface area (Å²) in [5.41, 5.74) is 2.14. The molecule has 7 atom stereocenters. The minimum atomic E-state index is -0.0502. The van der Waals surface area contributed by atoms with E-state index in [1.807, 2.05) is 6.26 Å². The van der Waals surface area contributed by atoms with E-state index in [-0.39, 0.29) is 11.5 Å². The van der Waals surface area contributed by atoms with Crippen LogP contribution in [0.2, 0.25) is 0 Å². The number of aliphatic hydroxyl groups is 1. The van der Waals surface area contributed by atoms with Gasteiger partial charge in [-0.1, -0.05) is 13.8 Å². The molecule has 0 bridgehead atoms. The Morgan fingerprint density at radius 1 is 1.04 bits per heavy atom. The first-order chi connectivity index (χ1) is 11.0. The first-order valence-corrected chi connectivity index (χ1v) is 9.76. The molecule has 2 nitrogen and oxygen atoms in total. The fraction of sp³-hybridized carbons (Fsp3) is 0.810. The molecule has 23 heavy (non-hydrogen) atoms. The summed E-state index contributed by atoms with van der Waals surface area (Å²) < 4.78 is 5.75. The van der Waals surface area contributed by atoms with Crippen molar-refractivity contribution in [1.29, 1.82) is 0 Å². The molecule has 0 radical (unpaired) electrons. The lowest BCUT2D eigenvalue weighted by atomic mass is 9.45. The van der Waals surface area contributed by atoms with Crippen molar-refractivity contribution in [2.45, 2.75) is 71.3 Å². The Bertz CT molecular complexity index is 619. The average molecular weight is 314 g/mol. The second kappa shape index (κ2) is 4.65. The van der Waals surface area contributed by atoms with Crippen molar-refractivity contribution in [2.75, 3.05) is 0 Å². The zero-order valence-electron chi connectivity index (χ0n) is 14.6. The van der Waals surface area contributed by atoms with Crippen molar-refractivity contribution < 1.29 is 9.52 Å². The van der Waals surface area contributed by atoms with Crippen LogP contribution in [-0.4, -0.2) is 11.2 Å². The summed E-state index contributed by atoms with van der Waals surface area (Å²) in [6.07, 6.45) is 11.8. The van der Waals surface area contributed by atoms with E-state index in [1.165, 1.54) is 49.8 Å². The third-order valence-electron chi connectivity index (χ3n) is 8.86. The van der Waals surface area contributed by atoms with E-state index in [1.54, 1.807) is 0 Å². The Hall–Kier alpha value is -0.760. The molecule has 126 valence electrons. The molecule has 0 spiro atoms. The molecule has 0 aromatic carbocycles. The van der Waals surface area contributed by atoms with Crippen molar-refractivity contribution in [2.24, 2.45) is 34.5 Å². The Morgan fingerprint density at radius 2 is 1.87 bits per heavy atom. The van der Waals surface area contributed by atoms with Crippen LogP contribution >= 0.6 is 0 Å². The van der Waals surface area contributed by atoms with Gasteiger partial charge >= 0.3 is 0 Å². The highest BCUT2D eigenvalue weighted by atomic mass is 16.3. The molecule has 1 N–H and O–H groups in total. The van der Waals surface area contributed by atoms with E-state index in [4.69, 9.17) is 4.42 Å². The molecule has 1 aromatic heterocycles. The van der Waals surface area contributed by atoms with Crippen LogP contribution in [0.25, 0.3) is 0 Å². The molecule has 4 aliphatic rings. The van der Waals surface area contributed by atoms with E-state index in [2.05, 4.69) is 19.9 Å². The lowest BCUT2D eigenvalue weighted by molar-refractivity contribution is -0.112. The second-order valence-electron chi connectivity index (χ2n) is 9.54. The van der Waals surface area contributed by atoms with Gasteiger partial charge in [0.25, 0.3) is 0 Å². The minimum absolute atomic E-state index is 0.0502. The third-order valence-corrected chi connectivity index (χ3v) is 8.86. The summed E-state index contributed by atoms with van der Waals surface area (Å²) >= 11 is 0. The second-order valence-corrected chi connectivity index (χ2v) is 9.54. The highest BCUT2D eigenvalue weighted by molar-refractivity contribution is 5.26. The standard InChI is InChI=1S/C21H30O2/c1-20-9-7-17-15(16(20)5-6-19(20)22)4-3-14-11-18-13(8-10-23-18)12-21(14,17)2/h8,10,14-17,19,22H,3-7,9,11-12H2,1-2H3/t14-,15-,16-,17-,19-,20-,21-/m0/s1. The van der Waals surface area contributed by atoms with Gasteiger partial charge in [-0.05, 0) is 91.1 Å². The van der Waals surface area contributed by atoms with Crippen LogP contribution in [0.1, 0.15) is 63.7 Å². The maximum absolute atomic E-state index is 10.6. The van der Waals surface area contributed by atoms with Crippen LogP contribution in [0.5, 0.6) is 0 Å². The molecule has 3 saturated carbocycles. The lowest BCUT2D eigenvalue weighted by Gasteiger charge is -2.59. The number of fused-ring (bicyclic) bond motifs is 6. The zero-order valence-corrected chi connectivity index (χ0v) is 14.6. The molecule has 2 heteroatoms. The monoisotopic (exact) mass is 314 g/mol. The van der Waals surface area contributed by atoms with Crippen LogP contribution in [-0.2, 0) is 12.8 Å². The van der Waals surface area contributed by atoms with Crippen LogP contribution in [0.4, 0.5) is 0 Å². The normalized spacial score (nSPS) is 51.5. The van der Waals surface area contributed by atoms with E-state index in [0.29, 0.717) is 5.41 Å². The summed E-state index contributed by atoms with van der Waals surface area (Å²) in [6.45, 7) is 4.97. The molecule has 1 aromatic rings. The van der Waals surface area contributed by atoms with Gasteiger partial charge in [0.2, 0.25) is 0 Å². The number of hydrogen-bond acceptors (Lipinski definition) is 2. The minimum Gasteiger partial charge on any atom is -0.469 e. The molecule has 0 amide bonds. The Balaban J connectivity index is 1.50. The van der Waals surface area contributed by atoms with Crippen molar-refractivity contribution in [1.82, 2.24) is 0 Å². The van der Waals surface area contributed by atoms with E-state index < -0.39 is 0 Å². The van der Waals surface area contributed by atoms with Crippen molar-refractivity contribution in [3.05, 3.63) is 23.7 Å². The topological polar surface area (TPSA) is 33.4 Å². The number of rotatable bonds is 0. The largest absolute Gasteiger partial charge is 0.469 e. The van der Waals surface area contributed by atoms with Gasteiger partial charge in [0.15, 0.2) is 0 Å². The van der Waals surface area contributed by atoms with E-state index in [0.717, 1.165) is 36.5 Å². The van der Waals surface area contributed by atoms with Gasteiger partial charge in [-0.2, -0.15) is 0 Å². The fourth-order valence-electron chi connectivity index (χ4n) is 7.46. The summed E-state index contributed by atoms with van der Waals surface area (Å²) in [7, 11) is 0. The van der Waals surface area contributed by atoms with Gasteiger partial charge < -0.3 is 9.52 Å². The smallest absolute Gasteiger partial charge is 0.107 e. The van der Waals surface area contributed by atoms with Gasteiger partial charge in [0.05, 0.1) is 12.4 Å². The molecule has 5 rings (SSSR count). The molecule has 4 aliphatic carbocycles. The van der Waals surface area contributed by atoms with Crippen molar-refractivity contribution >= 4 is 0 Å². The van der Waals surface area contributed by atoms with E-state index in [9.17, 15) is 5.11 Å². The molecule has 0 aliphatic heterocycles. The quantitative estimate of drug-likeness (QED) is 0.759. The summed E-state index contributed by atoms with van der Waals surface area (Å²) in [5, 5.41) is 10.6. The molecular weight excluding hydrogens is 284 g/mol. The predicted molar refractivity (Wildman–Crippen MR) is 90.0 cm³/mol. The highest BCUT2D eigenvalue weighted by Crippen LogP contribution is 2.65. The maximum atomic E-state index is 10.6. The molecule has 0 saturated heterocycles. The first kappa shape index (κ1) is 14.6. The molecular formula is C21H30O2. The summed E-state index contributed by atoms with van der Waals surface area (Å²) in [5.74, 6) is 4.54. The SMILES string of the molecule is C[C@]12Cc3ccoc3C[C@@H]1CC[C@@H]1[C@@H]2CC[C@]2(C)[C@@H](O)CC[C@@H]12. The fourth-order valence-corrected chi connectivity index (χ4v) is 7.46. The van der Waals surface area contributed by atoms with Gasteiger partial charge in [-0.25, -0.2) is 0 Å². The van der Waals surface area contributed by atoms with Crippen LogP contribution in [0.3, 0.4) is 0 Å².